The van der Waals surface area contributed by atoms with Gasteiger partial charge in [0.15, 0.2) is 11.5 Å². The quantitative estimate of drug-likeness (QED) is 0.263. The number of ether oxygens (including phenoxy) is 2. The summed E-state index contributed by atoms with van der Waals surface area (Å²) in [5.41, 5.74) is 4.00. The summed E-state index contributed by atoms with van der Waals surface area (Å²) in [6.45, 7) is 0. The van der Waals surface area contributed by atoms with Crippen LogP contribution in [0, 0.1) is 11.3 Å². The van der Waals surface area contributed by atoms with Crippen LogP contribution < -0.4 is 14.8 Å². The van der Waals surface area contributed by atoms with Crippen molar-refractivity contribution >= 4 is 35.0 Å². The number of hydrogen-bond donors (Lipinski definition) is 1. The largest absolute Gasteiger partial charge is 0.493 e. The van der Waals surface area contributed by atoms with Crippen molar-refractivity contribution in [3.8, 4) is 40.0 Å². The fourth-order valence-electron chi connectivity index (χ4n) is 3.59. The molecular formula is C28H22ClN3O3S. The first kappa shape index (κ1) is 25.1. The number of halogens is 1. The summed E-state index contributed by atoms with van der Waals surface area (Å²) in [7, 11) is 3.13. The van der Waals surface area contributed by atoms with Gasteiger partial charge in [-0.25, -0.2) is 4.98 Å². The summed E-state index contributed by atoms with van der Waals surface area (Å²) in [4.78, 5) is 17.3. The Hall–Kier alpha value is -3.99. The monoisotopic (exact) mass is 515 g/mol. The summed E-state index contributed by atoms with van der Waals surface area (Å²) in [5.74, 6) is 1.02. The minimum Gasteiger partial charge on any atom is -0.493 e. The third kappa shape index (κ3) is 5.80. The van der Waals surface area contributed by atoms with Gasteiger partial charge >= 0.3 is 0 Å². The fraction of sp³-hybridized carbons (Fsp3) is 0.107. The van der Waals surface area contributed by atoms with Gasteiger partial charge in [0.2, 0.25) is 5.91 Å². The second-order valence-electron chi connectivity index (χ2n) is 7.63. The van der Waals surface area contributed by atoms with Gasteiger partial charge in [-0.1, -0.05) is 59.8 Å². The number of carbonyl (C=O) groups is 1. The topological polar surface area (TPSA) is 84.2 Å². The number of nitriles is 1. The maximum absolute atomic E-state index is 12.6. The van der Waals surface area contributed by atoms with E-state index in [0.29, 0.717) is 44.1 Å². The number of aromatic nitrogens is 1. The van der Waals surface area contributed by atoms with Crippen molar-refractivity contribution in [2.75, 3.05) is 25.3 Å². The molecule has 0 saturated heterocycles. The number of benzene rings is 3. The number of anilines is 1. The second kappa shape index (κ2) is 11.6. The van der Waals surface area contributed by atoms with E-state index < -0.39 is 0 Å². The van der Waals surface area contributed by atoms with Gasteiger partial charge in [-0.2, -0.15) is 5.26 Å². The first-order chi connectivity index (χ1) is 17.5. The smallest absolute Gasteiger partial charge is 0.234 e. The molecule has 1 heterocycles. The predicted octanol–water partition coefficient (Wildman–Crippen LogP) is 6.69. The number of hydrogen-bond acceptors (Lipinski definition) is 6. The maximum Gasteiger partial charge on any atom is 0.234 e. The molecular weight excluding hydrogens is 494 g/mol. The molecule has 3 aromatic carbocycles. The van der Waals surface area contributed by atoms with Crippen LogP contribution in [0.15, 0.2) is 83.9 Å². The zero-order valence-corrected chi connectivity index (χ0v) is 21.2. The van der Waals surface area contributed by atoms with E-state index in [1.54, 1.807) is 32.4 Å². The molecule has 1 amide bonds. The summed E-state index contributed by atoms with van der Waals surface area (Å²) in [5, 5.41) is 14.0. The lowest BCUT2D eigenvalue weighted by atomic mass is 9.99. The normalized spacial score (nSPS) is 10.4. The molecule has 4 aromatic rings. The number of nitrogens with zero attached hydrogens (tertiary/aromatic N) is 2. The summed E-state index contributed by atoms with van der Waals surface area (Å²) in [6.07, 6.45) is 0. The third-order valence-electron chi connectivity index (χ3n) is 5.33. The van der Waals surface area contributed by atoms with E-state index in [0.717, 1.165) is 11.1 Å². The number of para-hydroxylation sites is 1. The molecule has 0 aliphatic carbocycles. The highest BCUT2D eigenvalue weighted by Gasteiger charge is 2.18. The molecule has 6 nitrogen and oxygen atoms in total. The second-order valence-corrected chi connectivity index (χ2v) is 9.03. The van der Waals surface area contributed by atoms with Gasteiger partial charge in [0.05, 0.1) is 31.2 Å². The Morgan fingerprint density at radius 3 is 2.33 bits per heavy atom. The average Bonchev–Trinajstić information content (AvgIpc) is 2.92. The number of rotatable bonds is 8. The molecule has 36 heavy (non-hydrogen) atoms. The van der Waals surface area contributed by atoms with Crippen molar-refractivity contribution in [1.82, 2.24) is 4.98 Å². The predicted molar refractivity (Wildman–Crippen MR) is 144 cm³/mol. The highest BCUT2D eigenvalue weighted by atomic mass is 35.5. The van der Waals surface area contributed by atoms with Crippen LogP contribution in [0.25, 0.3) is 22.4 Å². The first-order valence-electron chi connectivity index (χ1n) is 10.9. The van der Waals surface area contributed by atoms with E-state index in [4.69, 9.17) is 26.1 Å². The SMILES string of the molecule is COc1ccc(-c2cc(-c3ccc(Cl)cc3)nc(SCC(=O)Nc3ccccc3)c2C#N)cc1OC. The van der Waals surface area contributed by atoms with Crippen LogP contribution in [0.1, 0.15) is 5.56 Å². The zero-order chi connectivity index (χ0) is 25.5. The Bertz CT molecular complexity index is 1420. The van der Waals surface area contributed by atoms with Crippen molar-refractivity contribution in [3.63, 3.8) is 0 Å². The Morgan fingerprint density at radius 2 is 1.67 bits per heavy atom. The Kier molecular flexibility index (Phi) is 8.11. The van der Waals surface area contributed by atoms with Crippen molar-refractivity contribution in [1.29, 1.82) is 5.26 Å². The molecule has 0 saturated carbocycles. The van der Waals surface area contributed by atoms with E-state index in [-0.39, 0.29) is 11.7 Å². The summed E-state index contributed by atoms with van der Waals surface area (Å²) >= 11 is 7.29. The number of nitrogens with one attached hydrogen (secondary N) is 1. The lowest BCUT2D eigenvalue weighted by molar-refractivity contribution is -0.113. The zero-order valence-electron chi connectivity index (χ0n) is 19.6. The number of pyridine rings is 1. The molecule has 8 heteroatoms. The molecule has 0 unspecified atom stereocenters. The lowest BCUT2D eigenvalue weighted by Gasteiger charge is -2.14. The highest BCUT2D eigenvalue weighted by Crippen LogP contribution is 2.38. The summed E-state index contributed by atoms with van der Waals surface area (Å²) < 4.78 is 10.8. The lowest BCUT2D eigenvalue weighted by Crippen LogP contribution is -2.14. The van der Waals surface area contributed by atoms with Gasteiger partial charge in [0, 0.05) is 21.8 Å². The van der Waals surface area contributed by atoms with E-state index in [1.165, 1.54) is 11.8 Å². The average molecular weight is 516 g/mol. The van der Waals surface area contributed by atoms with Crippen molar-refractivity contribution in [3.05, 3.63) is 89.4 Å². The Labute approximate surface area is 218 Å². The molecule has 4 rings (SSSR count). The van der Waals surface area contributed by atoms with E-state index in [1.807, 2.05) is 60.7 Å². The van der Waals surface area contributed by atoms with Gasteiger partial charge < -0.3 is 14.8 Å². The molecule has 0 bridgehead atoms. The molecule has 0 aliphatic heterocycles. The van der Waals surface area contributed by atoms with Crippen LogP contribution in [0.5, 0.6) is 11.5 Å². The van der Waals surface area contributed by atoms with E-state index in [2.05, 4.69) is 11.4 Å². The Morgan fingerprint density at radius 1 is 0.972 bits per heavy atom. The van der Waals surface area contributed by atoms with Crippen molar-refractivity contribution < 1.29 is 14.3 Å². The minimum atomic E-state index is -0.193. The first-order valence-corrected chi connectivity index (χ1v) is 12.3. The molecule has 0 radical (unpaired) electrons. The van der Waals surface area contributed by atoms with Gasteiger partial charge in [0.25, 0.3) is 0 Å². The fourth-order valence-corrected chi connectivity index (χ4v) is 4.52. The Balaban J connectivity index is 1.75. The van der Waals surface area contributed by atoms with Crippen LogP contribution in [0.3, 0.4) is 0 Å². The molecule has 1 N–H and O–H groups in total. The number of thioether (sulfide) groups is 1. The number of methoxy groups -OCH3 is 2. The van der Waals surface area contributed by atoms with Crippen LogP contribution in [-0.4, -0.2) is 30.9 Å². The minimum absolute atomic E-state index is 0.0893. The van der Waals surface area contributed by atoms with Crippen LogP contribution in [0.4, 0.5) is 5.69 Å². The van der Waals surface area contributed by atoms with Crippen LogP contribution >= 0.6 is 23.4 Å². The van der Waals surface area contributed by atoms with Gasteiger partial charge in [-0.05, 0) is 48.0 Å². The van der Waals surface area contributed by atoms with Crippen molar-refractivity contribution in [2.45, 2.75) is 5.03 Å². The van der Waals surface area contributed by atoms with E-state index >= 15 is 0 Å². The van der Waals surface area contributed by atoms with Crippen LogP contribution in [-0.2, 0) is 4.79 Å². The maximum atomic E-state index is 12.6. The van der Waals surface area contributed by atoms with E-state index in [9.17, 15) is 10.1 Å². The molecule has 0 spiro atoms. The molecule has 0 atom stereocenters. The molecule has 1 aromatic heterocycles. The van der Waals surface area contributed by atoms with Gasteiger partial charge in [0.1, 0.15) is 11.1 Å². The molecule has 0 aliphatic rings. The third-order valence-corrected chi connectivity index (χ3v) is 6.56. The highest BCUT2D eigenvalue weighted by molar-refractivity contribution is 8.00. The number of carbonyl (C=O) groups excluding carboxylic acids is 1. The van der Waals surface area contributed by atoms with Gasteiger partial charge in [-0.15, -0.1) is 0 Å². The van der Waals surface area contributed by atoms with Gasteiger partial charge in [-0.3, -0.25) is 4.79 Å². The molecule has 180 valence electrons. The van der Waals surface area contributed by atoms with Crippen LogP contribution in [0.2, 0.25) is 5.02 Å². The number of amides is 1. The standard InChI is InChI=1S/C28H22ClN3O3S/c1-34-25-13-10-19(14-26(25)35-2)22-15-24(18-8-11-20(29)12-9-18)32-28(23(22)16-30)36-17-27(33)31-21-6-4-3-5-7-21/h3-15H,17H2,1-2H3,(H,31,33). The van der Waals surface area contributed by atoms with Crippen molar-refractivity contribution in [2.24, 2.45) is 0 Å². The summed E-state index contributed by atoms with van der Waals surface area (Å²) in [6, 6.07) is 26.1. The molecule has 0 fully saturated rings.